The zero-order valence-corrected chi connectivity index (χ0v) is 15.8. The summed E-state index contributed by atoms with van der Waals surface area (Å²) in [6.45, 7) is 5.33. The van der Waals surface area contributed by atoms with Crippen LogP contribution in [0.25, 0.3) is 0 Å². The van der Waals surface area contributed by atoms with E-state index in [2.05, 4.69) is 41.8 Å². The van der Waals surface area contributed by atoms with E-state index in [-0.39, 0.29) is 17.9 Å². The summed E-state index contributed by atoms with van der Waals surface area (Å²) < 4.78 is 0. The summed E-state index contributed by atoms with van der Waals surface area (Å²) in [7, 11) is 0. The predicted molar refractivity (Wildman–Crippen MR) is 103 cm³/mol. The minimum atomic E-state index is -0.0255. The highest BCUT2D eigenvalue weighted by Crippen LogP contribution is 2.17. The van der Waals surface area contributed by atoms with Gasteiger partial charge < -0.3 is 15.5 Å². The predicted octanol–water partition coefficient (Wildman–Crippen LogP) is 1.90. The van der Waals surface area contributed by atoms with Crippen LogP contribution in [0, 0.1) is 5.92 Å². The van der Waals surface area contributed by atoms with Crippen molar-refractivity contribution in [2.75, 3.05) is 26.2 Å². The lowest BCUT2D eigenvalue weighted by Crippen LogP contribution is -2.47. The van der Waals surface area contributed by atoms with Crippen molar-refractivity contribution in [3.05, 3.63) is 35.4 Å². The van der Waals surface area contributed by atoms with E-state index in [0.717, 1.165) is 57.3 Å². The summed E-state index contributed by atoms with van der Waals surface area (Å²) in [4.78, 5) is 26.8. The molecule has 1 aromatic rings. The number of hydrogen-bond acceptors (Lipinski definition) is 3. The molecule has 0 bridgehead atoms. The first-order valence-electron chi connectivity index (χ1n) is 10.0. The largest absolute Gasteiger partial charge is 0.354 e. The highest BCUT2D eigenvalue weighted by atomic mass is 16.2. The van der Waals surface area contributed by atoms with Gasteiger partial charge in [0.05, 0.1) is 12.5 Å². The van der Waals surface area contributed by atoms with Crippen LogP contribution in [-0.2, 0) is 22.4 Å². The third-order valence-corrected chi connectivity index (χ3v) is 5.60. The molecule has 3 rings (SSSR count). The molecule has 0 aliphatic carbocycles. The van der Waals surface area contributed by atoms with Crippen LogP contribution >= 0.6 is 0 Å². The zero-order valence-electron chi connectivity index (χ0n) is 15.8. The summed E-state index contributed by atoms with van der Waals surface area (Å²) in [5.41, 5.74) is 2.38. The first-order valence-corrected chi connectivity index (χ1v) is 10.0. The van der Waals surface area contributed by atoms with Gasteiger partial charge in [0, 0.05) is 19.6 Å². The zero-order chi connectivity index (χ0) is 18.4. The van der Waals surface area contributed by atoms with Gasteiger partial charge in [0.2, 0.25) is 11.8 Å². The van der Waals surface area contributed by atoms with E-state index in [1.807, 2.05) is 4.90 Å². The van der Waals surface area contributed by atoms with Gasteiger partial charge in [-0.2, -0.15) is 0 Å². The van der Waals surface area contributed by atoms with Gasteiger partial charge in [0.25, 0.3) is 0 Å². The molecule has 2 aliphatic rings. The second-order valence-corrected chi connectivity index (χ2v) is 7.59. The maximum absolute atomic E-state index is 12.6. The molecule has 2 N–H and O–H groups in total. The Labute approximate surface area is 156 Å². The summed E-state index contributed by atoms with van der Waals surface area (Å²) in [6, 6.07) is 8.31. The van der Waals surface area contributed by atoms with Gasteiger partial charge in [0.15, 0.2) is 0 Å². The number of nitrogens with one attached hydrogen (secondary N) is 2. The number of likely N-dealkylation sites (tertiary alicyclic amines) is 1. The van der Waals surface area contributed by atoms with Crippen LogP contribution in [-0.4, -0.2) is 48.9 Å². The molecule has 26 heavy (non-hydrogen) atoms. The summed E-state index contributed by atoms with van der Waals surface area (Å²) in [6.07, 6.45) is 5.58. The maximum atomic E-state index is 12.6. The molecule has 2 amide bonds. The van der Waals surface area contributed by atoms with E-state index in [1.54, 1.807) is 0 Å². The third-order valence-electron chi connectivity index (χ3n) is 5.60. The molecule has 1 aromatic carbocycles. The number of rotatable bonds is 6. The second kappa shape index (κ2) is 9.17. The van der Waals surface area contributed by atoms with Gasteiger partial charge in [-0.05, 0) is 55.7 Å². The van der Waals surface area contributed by atoms with E-state index < -0.39 is 0 Å². The van der Waals surface area contributed by atoms with E-state index in [9.17, 15) is 9.59 Å². The average molecular weight is 357 g/mol. The molecule has 2 fully saturated rings. The van der Waals surface area contributed by atoms with Crippen molar-refractivity contribution in [3.63, 3.8) is 0 Å². The van der Waals surface area contributed by atoms with Crippen molar-refractivity contribution in [1.29, 1.82) is 0 Å². The molecule has 0 aromatic heterocycles. The molecular formula is C21H31N3O2. The monoisotopic (exact) mass is 357 g/mol. The van der Waals surface area contributed by atoms with Crippen molar-refractivity contribution >= 4 is 11.8 Å². The Balaban J connectivity index is 1.45. The van der Waals surface area contributed by atoms with Crippen LogP contribution in [0.1, 0.15) is 43.7 Å². The standard InChI is InChI=1S/C21H31N3O2/c1-2-16-7-9-17(10-8-16)13-20(25)24-12-4-5-18(15-24)14-23-21(26)19-6-3-11-22-19/h7-10,18-19,22H,2-6,11-15H2,1H3,(H,23,26). The fraction of sp³-hybridized carbons (Fsp3) is 0.619. The summed E-state index contributed by atoms with van der Waals surface area (Å²) in [5, 5.41) is 6.31. The molecule has 0 spiro atoms. The van der Waals surface area contributed by atoms with Crippen molar-refractivity contribution < 1.29 is 9.59 Å². The van der Waals surface area contributed by atoms with Crippen LogP contribution in [0.2, 0.25) is 0 Å². The normalized spacial score (nSPS) is 23.0. The Morgan fingerprint density at radius 1 is 1.15 bits per heavy atom. The second-order valence-electron chi connectivity index (χ2n) is 7.59. The fourth-order valence-corrected chi connectivity index (χ4v) is 3.91. The minimum absolute atomic E-state index is 0.0255. The maximum Gasteiger partial charge on any atom is 0.237 e. The molecule has 2 atom stereocenters. The number of piperidine rings is 1. The Bertz CT molecular complexity index is 608. The van der Waals surface area contributed by atoms with Crippen LogP contribution in [0.3, 0.4) is 0 Å². The van der Waals surface area contributed by atoms with E-state index in [0.29, 0.717) is 18.9 Å². The van der Waals surface area contributed by atoms with Gasteiger partial charge in [0.1, 0.15) is 0 Å². The summed E-state index contributed by atoms with van der Waals surface area (Å²) in [5.74, 6) is 0.671. The van der Waals surface area contributed by atoms with Crippen molar-refractivity contribution in [1.82, 2.24) is 15.5 Å². The first kappa shape index (κ1) is 18.9. The topological polar surface area (TPSA) is 61.4 Å². The van der Waals surface area contributed by atoms with Gasteiger partial charge >= 0.3 is 0 Å². The van der Waals surface area contributed by atoms with E-state index >= 15 is 0 Å². The lowest BCUT2D eigenvalue weighted by molar-refractivity contribution is -0.132. The van der Waals surface area contributed by atoms with Gasteiger partial charge in [-0.15, -0.1) is 0 Å². The quantitative estimate of drug-likeness (QED) is 0.817. The van der Waals surface area contributed by atoms with E-state index in [1.165, 1.54) is 5.56 Å². The molecular weight excluding hydrogens is 326 g/mol. The molecule has 0 radical (unpaired) electrons. The Kier molecular flexibility index (Phi) is 6.67. The van der Waals surface area contributed by atoms with Crippen LogP contribution in [0.5, 0.6) is 0 Å². The number of amides is 2. The average Bonchev–Trinajstić information content (AvgIpc) is 3.22. The molecule has 5 nitrogen and oxygen atoms in total. The van der Waals surface area contributed by atoms with E-state index in [4.69, 9.17) is 0 Å². The Morgan fingerprint density at radius 3 is 2.62 bits per heavy atom. The lowest BCUT2D eigenvalue weighted by Gasteiger charge is -2.33. The lowest BCUT2D eigenvalue weighted by atomic mass is 9.97. The van der Waals surface area contributed by atoms with Crippen LogP contribution in [0.15, 0.2) is 24.3 Å². The number of carbonyl (C=O) groups excluding carboxylic acids is 2. The molecule has 142 valence electrons. The Hall–Kier alpha value is -1.88. The smallest absolute Gasteiger partial charge is 0.237 e. The molecule has 2 aliphatic heterocycles. The molecule has 2 heterocycles. The summed E-state index contributed by atoms with van der Waals surface area (Å²) >= 11 is 0. The number of hydrogen-bond donors (Lipinski definition) is 2. The first-order chi connectivity index (χ1) is 12.7. The van der Waals surface area contributed by atoms with Crippen LogP contribution < -0.4 is 10.6 Å². The number of nitrogens with zero attached hydrogens (tertiary/aromatic N) is 1. The van der Waals surface area contributed by atoms with Crippen molar-refractivity contribution in [3.8, 4) is 0 Å². The molecule has 5 heteroatoms. The number of benzene rings is 1. The number of aryl methyl sites for hydroxylation is 1. The van der Waals surface area contributed by atoms with Crippen molar-refractivity contribution in [2.45, 2.75) is 51.5 Å². The number of carbonyl (C=O) groups is 2. The molecule has 2 unspecified atom stereocenters. The molecule has 0 saturated carbocycles. The highest BCUT2D eigenvalue weighted by molar-refractivity contribution is 5.82. The highest BCUT2D eigenvalue weighted by Gasteiger charge is 2.26. The molecule has 2 saturated heterocycles. The van der Waals surface area contributed by atoms with Crippen LogP contribution in [0.4, 0.5) is 0 Å². The fourth-order valence-electron chi connectivity index (χ4n) is 3.91. The SMILES string of the molecule is CCc1ccc(CC(=O)N2CCCC(CNC(=O)C3CCCN3)C2)cc1. The van der Waals surface area contributed by atoms with Gasteiger partial charge in [-0.3, -0.25) is 9.59 Å². The van der Waals surface area contributed by atoms with Gasteiger partial charge in [-0.1, -0.05) is 31.2 Å². The minimum Gasteiger partial charge on any atom is -0.354 e. The van der Waals surface area contributed by atoms with Gasteiger partial charge in [-0.25, -0.2) is 0 Å². The third kappa shape index (κ3) is 5.07. The Morgan fingerprint density at radius 2 is 1.92 bits per heavy atom. The van der Waals surface area contributed by atoms with Crippen molar-refractivity contribution in [2.24, 2.45) is 5.92 Å².